The van der Waals surface area contributed by atoms with Crippen molar-refractivity contribution in [1.29, 1.82) is 0 Å². The van der Waals surface area contributed by atoms with Crippen molar-refractivity contribution in [2.24, 2.45) is 0 Å². The molecule has 0 heterocycles. The monoisotopic (exact) mass is 356 g/mol. The molecular formula is C26H16Si. The Hall–Kier alpha value is -3.52. The van der Waals surface area contributed by atoms with Crippen LogP contribution in [0.5, 0.6) is 0 Å². The van der Waals surface area contributed by atoms with Crippen LogP contribution in [0, 0.1) is 23.8 Å². The normalized spacial score (nSPS) is 10.9. The summed E-state index contributed by atoms with van der Waals surface area (Å²) < 4.78 is 0. The highest BCUT2D eigenvalue weighted by Crippen LogP contribution is 2.36. The van der Waals surface area contributed by atoms with Gasteiger partial charge < -0.3 is 0 Å². The van der Waals surface area contributed by atoms with Crippen LogP contribution >= 0.6 is 0 Å². The van der Waals surface area contributed by atoms with Gasteiger partial charge in [-0.15, -0.1) is 12.0 Å². The van der Waals surface area contributed by atoms with Gasteiger partial charge in [0.1, 0.15) is 0 Å². The Morgan fingerprint density at radius 3 is 1.30 bits per heavy atom. The van der Waals surface area contributed by atoms with Gasteiger partial charge in [0, 0.05) is 11.1 Å². The highest BCUT2D eigenvalue weighted by atomic mass is 28.1. The van der Waals surface area contributed by atoms with Crippen molar-refractivity contribution in [3.63, 3.8) is 0 Å². The molecule has 0 N–H and O–H groups in total. The van der Waals surface area contributed by atoms with Crippen molar-refractivity contribution < 1.29 is 0 Å². The molecule has 0 bridgehead atoms. The lowest BCUT2D eigenvalue weighted by molar-refractivity contribution is 1.74. The molecule has 0 aliphatic carbocycles. The molecule has 0 unspecified atom stereocenters. The molecule has 0 saturated carbocycles. The molecule has 5 aromatic rings. The molecule has 0 fully saturated rings. The Labute approximate surface area is 161 Å². The highest BCUT2D eigenvalue weighted by Gasteiger charge is 2.13. The van der Waals surface area contributed by atoms with Crippen LogP contribution in [0.25, 0.3) is 43.1 Å². The molecule has 0 atom stereocenters. The lowest BCUT2D eigenvalue weighted by Gasteiger charge is -2.13. The molecule has 0 amide bonds. The third-order valence-electron chi connectivity index (χ3n) is 5.24. The predicted molar refractivity (Wildman–Crippen MR) is 121 cm³/mol. The fourth-order valence-electron chi connectivity index (χ4n) is 4.01. The predicted octanol–water partition coefficient (Wildman–Crippen LogP) is 4.96. The van der Waals surface area contributed by atoms with Crippen molar-refractivity contribution in [3.8, 4) is 23.8 Å². The van der Waals surface area contributed by atoms with Gasteiger partial charge in [0.05, 0.1) is 10.2 Å². The molecule has 0 aliphatic rings. The number of rotatable bonds is 0. The van der Waals surface area contributed by atoms with Crippen molar-refractivity contribution in [1.82, 2.24) is 0 Å². The smallest absolute Gasteiger partial charge is 0.0911 e. The summed E-state index contributed by atoms with van der Waals surface area (Å²) in [6.45, 7) is 0. The maximum atomic E-state index is 6.02. The number of benzene rings is 5. The number of hydrogen-bond acceptors (Lipinski definition) is 0. The van der Waals surface area contributed by atoms with Crippen molar-refractivity contribution in [2.45, 2.75) is 0 Å². The minimum atomic E-state index is 0.841. The van der Waals surface area contributed by atoms with E-state index in [0.717, 1.165) is 42.9 Å². The van der Waals surface area contributed by atoms with E-state index in [9.17, 15) is 0 Å². The van der Waals surface area contributed by atoms with E-state index in [2.05, 4.69) is 90.2 Å². The zero-order chi connectivity index (χ0) is 18.4. The van der Waals surface area contributed by atoms with Gasteiger partial charge in [-0.1, -0.05) is 60.4 Å². The molecule has 124 valence electrons. The summed E-state index contributed by atoms with van der Waals surface area (Å²) in [7, 11) is 0.841. The Morgan fingerprint density at radius 1 is 0.593 bits per heavy atom. The van der Waals surface area contributed by atoms with E-state index in [4.69, 9.17) is 6.42 Å². The fourth-order valence-corrected chi connectivity index (χ4v) is 4.26. The second-order valence-electron chi connectivity index (χ2n) is 6.76. The van der Waals surface area contributed by atoms with Crippen LogP contribution in [0.1, 0.15) is 11.1 Å². The first-order valence-electron chi connectivity index (χ1n) is 9.00. The summed E-state index contributed by atoms with van der Waals surface area (Å²) in [5, 5.41) is 9.34. The van der Waals surface area contributed by atoms with Crippen molar-refractivity contribution in [2.75, 3.05) is 0 Å². The zero-order valence-electron chi connectivity index (χ0n) is 15.0. The van der Waals surface area contributed by atoms with Gasteiger partial charge in [-0.3, -0.25) is 0 Å². The first kappa shape index (κ1) is 15.7. The van der Waals surface area contributed by atoms with Crippen molar-refractivity contribution in [3.05, 3.63) is 83.9 Å². The van der Waals surface area contributed by atoms with E-state index in [1.807, 2.05) is 0 Å². The Kier molecular flexibility index (Phi) is 3.51. The quantitative estimate of drug-likeness (QED) is 0.209. The molecule has 5 rings (SSSR count). The number of hydrogen-bond donors (Lipinski definition) is 0. The van der Waals surface area contributed by atoms with Gasteiger partial charge in [0.25, 0.3) is 0 Å². The van der Waals surface area contributed by atoms with Crippen LogP contribution in [0.15, 0.2) is 72.8 Å². The molecule has 0 saturated heterocycles. The SMILES string of the molecule is C#Cc1c2cc3ccccc3cc2c(C#C[SiH3])c2cc3ccccc3cc12. The van der Waals surface area contributed by atoms with Gasteiger partial charge in [0.2, 0.25) is 0 Å². The lowest BCUT2D eigenvalue weighted by Crippen LogP contribution is -1.91. The van der Waals surface area contributed by atoms with Crippen LogP contribution in [0.2, 0.25) is 0 Å². The summed E-state index contributed by atoms with van der Waals surface area (Å²) in [5.74, 6) is 6.39. The first-order valence-corrected chi connectivity index (χ1v) is 10.0. The molecule has 5 aromatic carbocycles. The summed E-state index contributed by atoms with van der Waals surface area (Å²) in [6, 6.07) is 25.7. The summed E-state index contributed by atoms with van der Waals surface area (Å²) in [5.41, 5.74) is 5.28. The second kappa shape index (κ2) is 6.03. The van der Waals surface area contributed by atoms with Crippen LogP contribution in [-0.2, 0) is 0 Å². The Bertz CT molecular complexity index is 1390. The molecular weight excluding hydrogens is 340 g/mol. The van der Waals surface area contributed by atoms with E-state index >= 15 is 0 Å². The number of terminal acetylenes is 1. The lowest BCUT2D eigenvalue weighted by atomic mass is 9.89. The zero-order valence-corrected chi connectivity index (χ0v) is 17.0. The summed E-state index contributed by atoms with van der Waals surface area (Å²) in [4.78, 5) is 0. The average Bonchev–Trinajstić information content (AvgIpc) is 2.71. The fraction of sp³-hybridized carbons (Fsp3) is 0. The molecule has 0 radical (unpaired) electrons. The molecule has 1 heteroatoms. The Morgan fingerprint density at radius 2 is 0.963 bits per heavy atom. The topological polar surface area (TPSA) is 0 Å². The molecule has 27 heavy (non-hydrogen) atoms. The average molecular weight is 356 g/mol. The highest BCUT2D eigenvalue weighted by molar-refractivity contribution is 6.23. The van der Waals surface area contributed by atoms with Gasteiger partial charge in [-0.05, 0) is 67.4 Å². The van der Waals surface area contributed by atoms with E-state index in [1.165, 1.54) is 21.5 Å². The molecule has 0 nitrogen and oxygen atoms in total. The van der Waals surface area contributed by atoms with E-state index < -0.39 is 0 Å². The second-order valence-corrected chi connectivity index (χ2v) is 7.26. The maximum Gasteiger partial charge on any atom is 0.0911 e. The van der Waals surface area contributed by atoms with Crippen LogP contribution in [0.4, 0.5) is 0 Å². The van der Waals surface area contributed by atoms with Crippen LogP contribution in [-0.4, -0.2) is 10.2 Å². The molecule has 0 aromatic heterocycles. The third-order valence-corrected chi connectivity index (χ3v) is 5.49. The van der Waals surface area contributed by atoms with Gasteiger partial charge in [-0.2, -0.15) is 0 Å². The standard InChI is InChI=1S/C26H16Si/c1-2-21-23-13-17-7-3-5-9-19(17)15-25(23)22(11-12-27)26-16-20-10-6-4-8-18(20)14-24(21)26/h1,3-10,13-16H,27H3. The van der Waals surface area contributed by atoms with Gasteiger partial charge in [-0.25, -0.2) is 0 Å². The maximum absolute atomic E-state index is 6.02. The molecule has 0 aliphatic heterocycles. The van der Waals surface area contributed by atoms with E-state index in [0.29, 0.717) is 0 Å². The van der Waals surface area contributed by atoms with E-state index in [-0.39, 0.29) is 0 Å². The number of fused-ring (bicyclic) bond motifs is 4. The summed E-state index contributed by atoms with van der Waals surface area (Å²) >= 11 is 0. The minimum absolute atomic E-state index is 0.841. The molecule has 0 spiro atoms. The van der Waals surface area contributed by atoms with Gasteiger partial charge in [0.15, 0.2) is 0 Å². The minimum Gasteiger partial charge on any atom is -0.138 e. The largest absolute Gasteiger partial charge is 0.138 e. The van der Waals surface area contributed by atoms with E-state index in [1.54, 1.807) is 0 Å². The van der Waals surface area contributed by atoms with Crippen LogP contribution in [0.3, 0.4) is 0 Å². The van der Waals surface area contributed by atoms with Crippen molar-refractivity contribution >= 4 is 53.3 Å². The third kappa shape index (κ3) is 2.34. The summed E-state index contributed by atoms with van der Waals surface area (Å²) in [6.07, 6.45) is 6.02. The van der Waals surface area contributed by atoms with Crippen LogP contribution < -0.4 is 0 Å². The van der Waals surface area contributed by atoms with Gasteiger partial charge >= 0.3 is 0 Å². The Balaban J connectivity index is 2.11. The first-order chi connectivity index (χ1) is 13.3.